The van der Waals surface area contributed by atoms with Crippen molar-refractivity contribution >= 4 is 34.1 Å². The Morgan fingerprint density at radius 3 is 2.50 bits per heavy atom. The molecule has 6 nitrogen and oxygen atoms in total. The highest BCUT2D eigenvalue weighted by molar-refractivity contribution is 6.33. The lowest BCUT2D eigenvalue weighted by Crippen LogP contribution is -2.53. The molecule has 1 aliphatic rings. The van der Waals surface area contributed by atoms with Crippen molar-refractivity contribution in [2.24, 2.45) is 0 Å². The summed E-state index contributed by atoms with van der Waals surface area (Å²) in [6.45, 7) is 3.49. The second-order valence-electron chi connectivity index (χ2n) is 7.25. The molecular weight excluding hydrogens is 403 g/mol. The number of rotatable bonds is 3. The average molecular weight is 421 g/mol. The fourth-order valence-corrected chi connectivity index (χ4v) is 3.73. The van der Waals surface area contributed by atoms with Gasteiger partial charge in [-0.3, -0.25) is 13.9 Å². The Hall–Kier alpha value is -2.28. The quantitative estimate of drug-likeness (QED) is 0.706. The van der Waals surface area contributed by atoms with E-state index in [9.17, 15) is 14.7 Å². The van der Waals surface area contributed by atoms with Gasteiger partial charge in [-0.05, 0) is 43.7 Å². The van der Waals surface area contributed by atoms with Gasteiger partial charge in [0.2, 0.25) is 0 Å². The largest absolute Gasteiger partial charge is 0.479 e. The third kappa shape index (κ3) is 2.92. The molecular formula is C20H18Cl2N2O4. The van der Waals surface area contributed by atoms with Crippen LogP contribution in [0.1, 0.15) is 19.4 Å². The van der Waals surface area contributed by atoms with Gasteiger partial charge in [0.05, 0.1) is 29.6 Å². The number of hydrogen-bond donors (Lipinski definition) is 1. The van der Waals surface area contributed by atoms with Crippen molar-refractivity contribution in [3.8, 4) is 5.75 Å². The summed E-state index contributed by atoms with van der Waals surface area (Å²) < 4.78 is 8.60. The van der Waals surface area contributed by atoms with Gasteiger partial charge in [-0.1, -0.05) is 35.3 Å². The molecule has 2 atom stereocenters. The molecule has 2 unspecified atom stereocenters. The Morgan fingerprint density at radius 1 is 1.18 bits per heavy atom. The summed E-state index contributed by atoms with van der Waals surface area (Å²) in [7, 11) is 0. The standard InChI is InChI=1S/C20H18Cl2N2O4/c1-11(25)20(2)10-24-16-14(7-8-15(22)17(16)28-20)18(26)23(19(24)27)9-12-3-5-13(21)6-4-12/h3-8,11,25H,9-10H2,1-2H3. The smallest absolute Gasteiger partial charge is 0.332 e. The number of aliphatic hydroxyl groups is 1. The zero-order valence-electron chi connectivity index (χ0n) is 15.3. The predicted octanol–water partition coefficient (Wildman–Crippen LogP) is 3.05. The van der Waals surface area contributed by atoms with E-state index in [4.69, 9.17) is 27.9 Å². The van der Waals surface area contributed by atoms with Crippen LogP contribution in [-0.4, -0.2) is 25.9 Å². The van der Waals surface area contributed by atoms with E-state index in [0.717, 1.165) is 5.56 Å². The molecule has 4 rings (SSSR count). The highest BCUT2D eigenvalue weighted by Crippen LogP contribution is 2.39. The van der Waals surface area contributed by atoms with Crippen LogP contribution in [0.5, 0.6) is 5.75 Å². The first kappa shape index (κ1) is 19.1. The molecule has 2 heterocycles. The van der Waals surface area contributed by atoms with Gasteiger partial charge in [0.25, 0.3) is 5.56 Å². The fraction of sp³-hybridized carbons (Fsp3) is 0.300. The highest BCUT2D eigenvalue weighted by Gasteiger charge is 2.39. The van der Waals surface area contributed by atoms with Gasteiger partial charge in [0.15, 0.2) is 5.75 Å². The van der Waals surface area contributed by atoms with E-state index >= 15 is 0 Å². The van der Waals surface area contributed by atoms with Crippen LogP contribution < -0.4 is 16.0 Å². The molecule has 1 aliphatic heterocycles. The minimum absolute atomic E-state index is 0.0915. The van der Waals surface area contributed by atoms with Crippen LogP contribution in [0, 0.1) is 0 Å². The summed E-state index contributed by atoms with van der Waals surface area (Å²) in [4.78, 5) is 26.3. The van der Waals surface area contributed by atoms with Gasteiger partial charge >= 0.3 is 5.69 Å². The summed E-state index contributed by atoms with van der Waals surface area (Å²) in [6.07, 6.45) is -0.865. The first-order valence-corrected chi connectivity index (χ1v) is 9.54. The van der Waals surface area contributed by atoms with Gasteiger partial charge in [-0.15, -0.1) is 0 Å². The van der Waals surface area contributed by atoms with Crippen molar-refractivity contribution in [2.45, 2.75) is 38.6 Å². The van der Waals surface area contributed by atoms with E-state index in [0.29, 0.717) is 15.9 Å². The topological polar surface area (TPSA) is 73.5 Å². The SMILES string of the molecule is CC(O)C1(C)Cn2c(=O)n(Cc3ccc(Cl)cc3)c(=O)c3ccc(Cl)c(c32)O1. The lowest BCUT2D eigenvalue weighted by Gasteiger charge is -2.38. The Kier molecular flexibility index (Phi) is 4.53. The molecule has 3 aromatic rings. The van der Waals surface area contributed by atoms with Crippen LogP contribution in [0.3, 0.4) is 0 Å². The lowest BCUT2D eigenvalue weighted by atomic mass is 9.97. The molecule has 28 heavy (non-hydrogen) atoms. The van der Waals surface area contributed by atoms with Crippen molar-refractivity contribution in [1.29, 1.82) is 0 Å². The molecule has 0 saturated heterocycles. The molecule has 0 amide bonds. The predicted molar refractivity (Wildman–Crippen MR) is 109 cm³/mol. The molecule has 8 heteroatoms. The molecule has 2 aromatic carbocycles. The summed E-state index contributed by atoms with van der Waals surface area (Å²) in [6, 6.07) is 10.1. The van der Waals surface area contributed by atoms with Crippen LogP contribution in [0.4, 0.5) is 0 Å². The maximum Gasteiger partial charge on any atom is 0.332 e. The van der Waals surface area contributed by atoms with E-state index in [1.807, 2.05) is 0 Å². The number of halogens is 2. The van der Waals surface area contributed by atoms with Gasteiger partial charge in [0, 0.05) is 5.02 Å². The highest BCUT2D eigenvalue weighted by atomic mass is 35.5. The molecule has 0 fully saturated rings. The number of benzene rings is 2. The minimum Gasteiger partial charge on any atom is -0.479 e. The Balaban J connectivity index is 1.98. The van der Waals surface area contributed by atoms with Crippen molar-refractivity contribution in [3.63, 3.8) is 0 Å². The van der Waals surface area contributed by atoms with Gasteiger partial charge in [-0.2, -0.15) is 0 Å². The van der Waals surface area contributed by atoms with Crippen LogP contribution in [0.2, 0.25) is 10.0 Å². The minimum atomic E-state index is -1.06. The van der Waals surface area contributed by atoms with Crippen LogP contribution in [0.25, 0.3) is 10.9 Å². The second kappa shape index (κ2) is 6.65. The van der Waals surface area contributed by atoms with Crippen LogP contribution in [-0.2, 0) is 13.1 Å². The lowest BCUT2D eigenvalue weighted by molar-refractivity contribution is -0.0484. The first-order chi connectivity index (χ1) is 13.2. The Bertz CT molecular complexity index is 1200. The molecule has 1 aromatic heterocycles. The molecule has 0 radical (unpaired) electrons. The van der Waals surface area contributed by atoms with Crippen molar-refractivity contribution in [3.05, 3.63) is 72.8 Å². The molecule has 0 aliphatic carbocycles. The maximum atomic E-state index is 13.2. The van der Waals surface area contributed by atoms with E-state index in [1.54, 1.807) is 50.2 Å². The fourth-order valence-electron chi connectivity index (χ4n) is 3.41. The van der Waals surface area contributed by atoms with Crippen LogP contribution >= 0.6 is 23.2 Å². The van der Waals surface area contributed by atoms with E-state index < -0.39 is 23.0 Å². The van der Waals surface area contributed by atoms with Gasteiger partial charge in [0.1, 0.15) is 11.1 Å². The molecule has 1 N–H and O–H groups in total. The monoisotopic (exact) mass is 420 g/mol. The molecule has 0 bridgehead atoms. The number of hydrogen-bond acceptors (Lipinski definition) is 4. The third-order valence-corrected chi connectivity index (χ3v) is 5.79. The maximum absolute atomic E-state index is 13.2. The average Bonchev–Trinajstić information content (AvgIpc) is 2.66. The summed E-state index contributed by atoms with van der Waals surface area (Å²) >= 11 is 12.2. The third-order valence-electron chi connectivity index (χ3n) is 5.24. The normalized spacial score (nSPS) is 19.5. The number of nitrogens with zero attached hydrogens (tertiary/aromatic N) is 2. The number of aliphatic hydroxyl groups excluding tert-OH is 1. The molecule has 0 spiro atoms. The van der Waals surface area contributed by atoms with E-state index in [2.05, 4.69) is 0 Å². The summed E-state index contributed by atoms with van der Waals surface area (Å²) in [5.41, 5.74) is -0.833. The zero-order chi connectivity index (χ0) is 20.2. The van der Waals surface area contributed by atoms with Gasteiger partial charge in [-0.25, -0.2) is 4.79 Å². The van der Waals surface area contributed by atoms with Gasteiger partial charge < -0.3 is 9.84 Å². The van der Waals surface area contributed by atoms with Crippen LogP contribution in [0.15, 0.2) is 46.0 Å². The second-order valence-corrected chi connectivity index (χ2v) is 8.09. The molecule has 146 valence electrons. The Labute approximate surface area is 170 Å². The van der Waals surface area contributed by atoms with E-state index in [1.165, 1.54) is 9.13 Å². The Morgan fingerprint density at radius 2 is 1.86 bits per heavy atom. The summed E-state index contributed by atoms with van der Waals surface area (Å²) in [5, 5.41) is 11.4. The number of aromatic nitrogens is 2. The first-order valence-electron chi connectivity index (χ1n) is 8.78. The molecule has 0 saturated carbocycles. The van der Waals surface area contributed by atoms with Crippen molar-refractivity contribution < 1.29 is 9.84 Å². The summed E-state index contributed by atoms with van der Waals surface area (Å²) in [5.74, 6) is 0.238. The van der Waals surface area contributed by atoms with Crippen molar-refractivity contribution in [1.82, 2.24) is 9.13 Å². The van der Waals surface area contributed by atoms with Crippen molar-refractivity contribution in [2.75, 3.05) is 0 Å². The van der Waals surface area contributed by atoms with E-state index in [-0.39, 0.29) is 23.9 Å². The number of ether oxygens (including phenoxy) is 1. The zero-order valence-corrected chi connectivity index (χ0v) is 16.8.